The Balaban J connectivity index is 1.66. The molecule has 3 aromatic heterocycles. The molecule has 6 heteroatoms. The van der Waals surface area contributed by atoms with Crippen LogP contribution in [0.1, 0.15) is 16.8 Å². The van der Waals surface area contributed by atoms with Crippen LogP contribution in [0, 0.1) is 5.82 Å². The Morgan fingerprint density at radius 1 is 1.08 bits per heavy atom. The van der Waals surface area contributed by atoms with Crippen LogP contribution < -0.4 is 5.56 Å². The average molecular weight is 346 g/mol. The first-order valence-electron chi connectivity index (χ1n) is 8.11. The molecule has 0 bridgehead atoms. The number of hydrogen-bond acceptors (Lipinski definition) is 3. The third-order valence-corrected chi connectivity index (χ3v) is 3.98. The largest absolute Gasteiger partial charge is 0.279 e. The molecule has 4 rings (SSSR count). The van der Waals surface area contributed by atoms with E-state index in [1.165, 1.54) is 22.7 Å². The molecule has 0 spiro atoms. The van der Waals surface area contributed by atoms with E-state index in [1.807, 2.05) is 18.2 Å². The Hall–Kier alpha value is -3.54. The van der Waals surface area contributed by atoms with Crippen LogP contribution in [0.3, 0.4) is 0 Å². The van der Waals surface area contributed by atoms with Gasteiger partial charge in [0.25, 0.3) is 5.56 Å². The van der Waals surface area contributed by atoms with E-state index >= 15 is 0 Å². The van der Waals surface area contributed by atoms with E-state index in [0.717, 1.165) is 11.1 Å². The molecule has 128 valence electrons. The van der Waals surface area contributed by atoms with Crippen LogP contribution in [0.5, 0.6) is 0 Å². The summed E-state index contributed by atoms with van der Waals surface area (Å²) in [6.45, 7) is 0.455. The van der Waals surface area contributed by atoms with Crippen molar-refractivity contribution in [2.24, 2.45) is 0 Å². The predicted molar refractivity (Wildman–Crippen MR) is 98.1 cm³/mol. The van der Waals surface area contributed by atoms with Gasteiger partial charge in [-0.05, 0) is 35.4 Å². The fraction of sp³-hybridized carbons (Fsp3) is 0.0500. The maximum absolute atomic E-state index is 13.0. The monoisotopic (exact) mass is 346 g/mol. The number of rotatable bonds is 4. The highest BCUT2D eigenvalue weighted by Gasteiger charge is 2.06. The van der Waals surface area contributed by atoms with Gasteiger partial charge in [-0.3, -0.25) is 14.5 Å². The van der Waals surface area contributed by atoms with Crippen molar-refractivity contribution in [2.75, 3.05) is 0 Å². The molecule has 0 unspecified atom stereocenters. The smallest absolute Gasteiger partial charge is 0.273 e. The highest BCUT2D eigenvalue weighted by atomic mass is 19.1. The lowest BCUT2D eigenvalue weighted by Crippen LogP contribution is -2.21. The van der Waals surface area contributed by atoms with Crippen LogP contribution in [0.15, 0.2) is 71.9 Å². The Bertz CT molecular complexity index is 1130. The molecule has 0 aliphatic carbocycles. The Morgan fingerprint density at radius 2 is 1.92 bits per heavy atom. The maximum atomic E-state index is 13.0. The Morgan fingerprint density at radius 3 is 2.69 bits per heavy atom. The van der Waals surface area contributed by atoms with E-state index in [0.29, 0.717) is 17.9 Å². The molecule has 0 fully saturated rings. The van der Waals surface area contributed by atoms with Crippen molar-refractivity contribution in [3.05, 3.63) is 100 Å². The Kier molecular flexibility index (Phi) is 4.15. The van der Waals surface area contributed by atoms with Gasteiger partial charge in [0.1, 0.15) is 5.82 Å². The minimum absolute atomic E-state index is 0.173. The summed E-state index contributed by atoms with van der Waals surface area (Å²) in [5.74, 6) is -0.282. The normalized spacial score (nSPS) is 11.4. The Labute approximate surface area is 148 Å². The van der Waals surface area contributed by atoms with Crippen LogP contribution >= 0.6 is 0 Å². The van der Waals surface area contributed by atoms with Gasteiger partial charge >= 0.3 is 0 Å². The molecular weight excluding hydrogens is 331 g/mol. The highest BCUT2D eigenvalue weighted by molar-refractivity contribution is 5.68. The van der Waals surface area contributed by atoms with Gasteiger partial charge in [0, 0.05) is 30.7 Å². The predicted octanol–water partition coefficient (Wildman–Crippen LogP) is 3.25. The van der Waals surface area contributed by atoms with Crippen molar-refractivity contribution in [3.8, 4) is 0 Å². The third kappa shape index (κ3) is 3.30. The number of halogens is 1. The SMILES string of the molecule is O=c1cc(C=Cc2cccnc2)nc2ccn(Cc3ccc(F)cc3)n12. The first-order chi connectivity index (χ1) is 12.7. The summed E-state index contributed by atoms with van der Waals surface area (Å²) in [5, 5.41) is 0. The minimum atomic E-state index is -0.282. The molecule has 4 aromatic rings. The number of pyridine rings is 1. The fourth-order valence-electron chi connectivity index (χ4n) is 2.74. The summed E-state index contributed by atoms with van der Waals surface area (Å²) in [6.07, 6.45) is 8.89. The summed E-state index contributed by atoms with van der Waals surface area (Å²) >= 11 is 0. The summed E-state index contributed by atoms with van der Waals surface area (Å²) in [6, 6.07) is 13.3. The second-order valence-electron chi connectivity index (χ2n) is 5.85. The molecule has 0 radical (unpaired) electrons. The second kappa shape index (κ2) is 6.76. The zero-order valence-corrected chi connectivity index (χ0v) is 13.8. The van der Waals surface area contributed by atoms with Gasteiger partial charge < -0.3 is 0 Å². The molecule has 3 heterocycles. The minimum Gasteiger partial charge on any atom is -0.279 e. The van der Waals surface area contributed by atoms with Crippen molar-refractivity contribution >= 4 is 17.8 Å². The van der Waals surface area contributed by atoms with Gasteiger partial charge in [-0.2, -0.15) is 4.52 Å². The van der Waals surface area contributed by atoms with E-state index in [-0.39, 0.29) is 11.4 Å². The molecule has 1 aromatic carbocycles. The van der Waals surface area contributed by atoms with Crippen molar-refractivity contribution in [1.82, 2.24) is 19.2 Å². The average Bonchev–Trinajstić information content (AvgIpc) is 3.06. The van der Waals surface area contributed by atoms with Gasteiger partial charge in [0.15, 0.2) is 5.65 Å². The van der Waals surface area contributed by atoms with Crippen molar-refractivity contribution in [1.29, 1.82) is 0 Å². The van der Waals surface area contributed by atoms with Crippen LogP contribution in [0.2, 0.25) is 0 Å². The summed E-state index contributed by atoms with van der Waals surface area (Å²) < 4.78 is 16.3. The molecule has 5 nitrogen and oxygen atoms in total. The number of nitrogens with zero attached hydrogens (tertiary/aromatic N) is 4. The zero-order valence-electron chi connectivity index (χ0n) is 13.8. The first-order valence-corrected chi connectivity index (χ1v) is 8.11. The number of fused-ring (bicyclic) bond motifs is 1. The summed E-state index contributed by atoms with van der Waals surface area (Å²) in [5.41, 5.74) is 2.80. The molecule has 0 atom stereocenters. The van der Waals surface area contributed by atoms with Gasteiger partial charge in [-0.25, -0.2) is 9.37 Å². The summed E-state index contributed by atoms with van der Waals surface area (Å²) in [4.78, 5) is 21.1. The van der Waals surface area contributed by atoms with Gasteiger partial charge in [-0.15, -0.1) is 0 Å². The molecule has 26 heavy (non-hydrogen) atoms. The third-order valence-electron chi connectivity index (χ3n) is 3.98. The highest BCUT2D eigenvalue weighted by Crippen LogP contribution is 2.09. The standard InChI is InChI=1S/C20H15FN4O/c21-17-6-3-16(4-7-17)14-24-11-9-19-23-18(12-20(26)25(19)24)8-5-15-2-1-10-22-13-15/h1-13H,14H2. The van der Waals surface area contributed by atoms with Crippen molar-refractivity contribution in [3.63, 3.8) is 0 Å². The van der Waals surface area contributed by atoms with E-state index < -0.39 is 0 Å². The van der Waals surface area contributed by atoms with E-state index in [2.05, 4.69) is 9.97 Å². The van der Waals surface area contributed by atoms with Crippen LogP contribution in [0.25, 0.3) is 17.8 Å². The molecule has 0 saturated carbocycles. The topological polar surface area (TPSA) is 52.2 Å². The van der Waals surface area contributed by atoms with E-state index in [4.69, 9.17) is 0 Å². The first kappa shape index (κ1) is 16.0. The van der Waals surface area contributed by atoms with E-state index in [9.17, 15) is 9.18 Å². The number of hydrogen-bond donors (Lipinski definition) is 0. The molecule has 0 N–H and O–H groups in total. The molecular formula is C20H15FN4O. The lowest BCUT2D eigenvalue weighted by molar-refractivity contribution is 0.611. The van der Waals surface area contributed by atoms with Crippen molar-refractivity contribution < 1.29 is 4.39 Å². The van der Waals surface area contributed by atoms with Gasteiger partial charge in [0.05, 0.1) is 12.2 Å². The second-order valence-corrected chi connectivity index (χ2v) is 5.85. The molecule has 0 aliphatic rings. The molecule has 0 amide bonds. The van der Waals surface area contributed by atoms with E-state index in [1.54, 1.807) is 47.5 Å². The van der Waals surface area contributed by atoms with Crippen LogP contribution in [0.4, 0.5) is 4.39 Å². The zero-order chi connectivity index (χ0) is 17.9. The lowest BCUT2D eigenvalue weighted by atomic mass is 10.2. The number of aromatic nitrogens is 4. The van der Waals surface area contributed by atoms with Crippen molar-refractivity contribution in [2.45, 2.75) is 6.54 Å². The van der Waals surface area contributed by atoms with Gasteiger partial charge in [-0.1, -0.05) is 24.3 Å². The maximum Gasteiger partial charge on any atom is 0.273 e. The fourth-order valence-corrected chi connectivity index (χ4v) is 2.74. The quantitative estimate of drug-likeness (QED) is 0.570. The molecule has 0 aliphatic heterocycles. The van der Waals surface area contributed by atoms with Crippen LogP contribution in [-0.2, 0) is 6.54 Å². The summed E-state index contributed by atoms with van der Waals surface area (Å²) in [7, 11) is 0. The van der Waals surface area contributed by atoms with Crippen LogP contribution in [-0.4, -0.2) is 19.2 Å². The molecule has 0 saturated heterocycles. The lowest BCUT2D eigenvalue weighted by Gasteiger charge is -2.07. The number of benzene rings is 1. The van der Waals surface area contributed by atoms with Gasteiger partial charge in [0.2, 0.25) is 0 Å².